The molecule has 0 bridgehead atoms. The molecule has 0 aliphatic heterocycles. The van der Waals surface area contributed by atoms with Crippen molar-refractivity contribution < 1.29 is 15.6 Å². The smallest absolute Gasteiger partial charge is 0.362 e. The van der Waals surface area contributed by atoms with Crippen molar-refractivity contribution >= 4 is 5.97 Å². The van der Waals surface area contributed by atoms with Gasteiger partial charge in [0.25, 0.3) is 0 Å². The van der Waals surface area contributed by atoms with Crippen LogP contribution in [0.15, 0.2) is 24.3 Å². The molecule has 1 atom stereocenters. The molecule has 0 fully saturated rings. The van der Waals surface area contributed by atoms with Crippen LogP contribution in [0.2, 0.25) is 0 Å². The average Bonchev–Trinajstić information content (AvgIpc) is 2.59. The van der Waals surface area contributed by atoms with E-state index in [1.165, 1.54) is 11.1 Å². The van der Waals surface area contributed by atoms with Crippen LogP contribution in [0.3, 0.4) is 0 Å². The normalized spacial score (nSPS) is 17.8. The summed E-state index contributed by atoms with van der Waals surface area (Å²) in [6, 6.07) is 7.66. The Labute approximate surface area is 82.5 Å². The first-order chi connectivity index (χ1) is 6.68. The number of carbonyl (C=O) groups is 1. The van der Waals surface area contributed by atoms with Gasteiger partial charge in [0.15, 0.2) is 6.04 Å². The SMILES string of the molecule is [NH3+][C@H](C(=O)O)C1Cc2ccccc2C1. The molecule has 1 aliphatic carbocycles. The maximum Gasteiger partial charge on any atom is 0.362 e. The zero-order chi connectivity index (χ0) is 10.1. The fraction of sp³-hybridized carbons (Fsp3) is 0.364. The number of carboxylic acid groups (broad SMARTS) is 1. The van der Waals surface area contributed by atoms with E-state index in [0.717, 1.165) is 12.8 Å². The van der Waals surface area contributed by atoms with E-state index in [0.29, 0.717) is 0 Å². The fourth-order valence-electron chi connectivity index (χ4n) is 2.08. The highest BCUT2D eigenvalue weighted by molar-refractivity contribution is 5.72. The van der Waals surface area contributed by atoms with Crippen LogP contribution in [0.25, 0.3) is 0 Å². The number of rotatable bonds is 2. The summed E-state index contributed by atoms with van der Waals surface area (Å²) >= 11 is 0. The Balaban J connectivity index is 2.15. The summed E-state index contributed by atoms with van der Waals surface area (Å²) in [7, 11) is 0. The lowest BCUT2D eigenvalue weighted by Crippen LogP contribution is -2.68. The predicted octanol–water partition coefficient (Wildman–Crippen LogP) is 0.0965. The van der Waals surface area contributed by atoms with Crippen LogP contribution >= 0.6 is 0 Å². The van der Waals surface area contributed by atoms with Gasteiger partial charge >= 0.3 is 5.97 Å². The van der Waals surface area contributed by atoms with Crippen molar-refractivity contribution in [2.45, 2.75) is 18.9 Å². The van der Waals surface area contributed by atoms with Gasteiger partial charge in [-0.05, 0) is 24.0 Å². The van der Waals surface area contributed by atoms with Gasteiger partial charge < -0.3 is 10.8 Å². The molecule has 0 amide bonds. The molecule has 14 heavy (non-hydrogen) atoms. The third-order valence-corrected chi connectivity index (χ3v) is 2.97. The highest BCUT2D eigenvalue weighted by Gasteiger charge is 2.32. The number of fused-ring (bicyclic) bond motifs is 1. The lowest BCUT2D eigenvalue weighted by atomic mass is 9.98. The van der Waals surface area contributed by atoms with Crippen molar-refractivity contribution in [3.63, 3.8) is 0 Å². The van der Waals surface area contributed by atoms with Gasteiger partial charge in [-0.2, -0.15) is 0 Å². The van der Waals surface area contributed by atoms with Gasteiger partial charge in [-0.1, -0.05) is 24.3 Å². The van der Waals surface area contributed by atoms with E-state index < -0.39 is 12.0 Å². The first-order valence-corrected chi connectivity index (χ1v) is 4.81. The Hall–Kier alpha value is -1.35. The van der Waals surface area contributed by atoms with E-state index in [1.54, 1.807) is 0 Å². The third kappa shape index (κ3) is 1.51. The van der Waals surface area contributed by atoms with Gasteiger partial charge in [-0.3, -0.25) is 0 Å². The Bertz CT molecular complexity index is 337. The van der Waals surface area contributed by atoms with E-state index in [1.807, 2.05) is 12.1 Å². The molecule has 2 rings (SSSR count). The Morgan fingerprint density at radius 3 is 2.29 bits per heavy atom. The minimum absolute atomic E-state index is 0.171. The number of hydrogen-bond acceptors (Lipinski definition) is 1. The summed E-state index contributed by atoms with van der Waals surface area (Å²) in [6.45, 7) is 0. The number of benzene rings is 1. The van der Waals surface area contributed by atoms with Gasteiger partial charge in [-0.25, -0.2) is 4.79 Å². The zero-order valence-corrected chi connectivity index (χ0v) is 7.94. The number of quaternary nitrogens is 1. The van der Waals surface area contributed by atoms with E-state index in [-0.39, 0.29) is 5.92 Å². The van der Waals surface area contributed by atoms with Gasteiger partial charge in [-0.15, -0.1) is 0 Å². The molecule has 0 spiro atoms. The summed E-state index contributed by atoms with van der Waals surface area (Å²) in [6.07, 6.45) is 1.72. The average molecular weight is 192 g/mol. The topological polar surface area (TPSA) is 64.9 Å². The predicted molar refractivity (Wildman–Crippen MR) is 51.7 cm³/mol. The van der Waals surface area contributed by atoms with Crippen molar-refractivity contribution in [1.82, 2.24) is 0 Å². The molecule has 0 radical (unpaired) electrons. The third-order valence-electron chi connectivity index (χ3n) is 2.97. The van der Waals surface area contributed by atoms with Crippen molar-refractivity contribution in [2.75, 3.05) is 0 Å². The molecule has 0 saturated carbocycles. The molecule has 4 N–H and O–H groups in total. The molecule has 1 aromatic carbocycles. The lowest BCUT2D eigenvalue weighted by Gasteiger charge is -2.09. The van der Waals surface area contributed by atoms with Crippen LogP contribution in [0.4, 0.5) is 0 Å². The summed E-state index contributed by atoms with van der Waals surface area (Å²) in [5.74, 6) is -0.618. The van der Waals surface area contributed by atoms with Crippen molar-refractivity contribution in [3.8, 4) is 0 Å². The summed E-state index contributed by atoms with van der Waals surface area (Å²) in [5.41, 5.74) is 6.27. The lowest BCUT2D eigenvalue weighted by molar-refractivity contribution is -0.419. The number of aliphatic carboxylic acids is 1. The quantitative estimate of drug-likeness (QED) is 0.697. The standard InChI is InChI=1S/C11H13NO2/c12-10(11(13)14)9-5-7-3-1-2-4-8(7)6-9/h1-4,9-10H,5-6,12H2,(H,13,14)/p+1/t10-/m0/s1. The van der Waals surface area contributed by atoms with Gasteiger partial charge in [0.1, 0.15) is 0 Å². The summed E-state index contributed by atoms with van der Waals surface area (Å²) in [5, 5.41) is 8.86. The molecule has 0 saturated heterocycles. The molecule has 1 aliphatic rings. The molecule has 0 unspecified atom stereocenters. The van der Waals surface area contributed by atoms with Crippen LogP contribution in [-0.2, 0) is 17.6 Å². The van der Waals surface area contributed by atoms with Crippen LogP contribution in [0.5, 0.6) is 0 Å². The Kier molecular flexibility index (Phi) is 2.25. The first-order valence-electron chi connectivity index (χ1n) is 4.81. The number of carboxylic acids is 1. The molecule has 0 heterocycles. The molecular formula is C11H14NO2+. The Morgan fingerprint density at radius 2 is 1.86 bits per heavy atom. The molecule has 1 aromatic rings. The van der Waals surface area contributed by atoms with E-state index in [4.69, 9.17) is 5.11 Å². The van der Waals surface area contributed by atoms with Gasteiger partial charge in [0, 0.05) is 5.92 Å². The first kappa shape index (κ1) is 9.21. The molecule has 0 aromatic heterocycles. The van der Waals surface area contributed by atoms with Crippen LogP contribution in [-0.4, -0.2) is 17.1 Å². The van der Waals surface area contributed by atoms with Crippen LogP contribution < -0.4 is 5.73 Å². The minimum Gasteiger partial charge on any atom is -0.477 e. The molecule has 74 valence electrons. The Morgan fingerprint density at radius 1 is 1.36 bits per heavy atom. The maximum atomic E-state index is 10.8. The fourth-order valence-corrected chi connectivity index (χ4v) is 2.08. The van der Waals surface area contributed by atoms with Crippen molar-refractivity contribution in [2.24, 2.45) is 5.92 Å². The monoisotopic (exact) mass is 192 g/mol. The highest BCUT2D eigenvalue weighted by atomic mass is 16.4. The zero-order valence-electron chi connectivity index (χ0n) is 7.94. The highest BCUT2D eigenvalue weighted by Crippen LogP contribution is 2.27. The molecule has 3 nitrogen and oxygen atoms in total. The van der Waals surface area contributed by atoms with Gasteiger partial charge in [0.05, 0.1) is 0 Å². The molecular weight excluding hydrogens is 178 g/mol. The van der Waals surface area contributed by atoms with Crippen molar-refractivity contribution in [3.05, 3.63) is 35.4 Å². The van der Waals surface area contributed by atoms with Crippen molar-refractivity contribution in [1.29, 1.82) is 0 Å². The van der Waals surface area contributed by atoms with E-state index >= 15 is 0 Å². The number of hydrogen-bond donors (Lipinski definition) is 2. The summed E-state index contributed by atoms with van der Waals surface area (Å²) < 4.78 is 0. The minimum atomic E-state index is -0.789. The second-order valence-corrected chi connectivity index (χ2v) is 3.88. The maximum absolute atomic E-state index is 10.8. The molecule has 3 heteroatoms. The van der Waals surface area contributed by atoms with E-state index in [9.17, 15) is 4.79 Å². The van der Waals surface area contributed by atoms with Crippen LogP contribution in [0, 0.1) is 5.92 Å². The second kappa shape index (κ2) is 3.42. The van der Waals surface area contributed by atoms with Gasteiger partial charge in [0.2, 0.25) is 0 Å². The van der Waals surface area contributed by atoms with E-state index in [2.05, 4.69) is 17.9 Å². The summed E-state index contributed by atoms with van der Waals surface area (Å²) in [4.78, 5) is 10.8. The second-order valence-electron chi connectivity index (χ2n) is 3.88. The van der Waals surface area contributed by atoms with Crippen LogP contribution in [0.1, 0.15) is 11.1 Å². The largest absolute Gasteiger partial charge is 0.477 e.